The summed E-state index contributed by atoms with van der Waals surface area (Å²) >= 11 is 0. The highest BCUT2D eigenvalue weighted by molar-refractivity contribution is 5.76. The number of rotatable bonds is 5. The summed E-state index contributed by atoms with van der Waals surface area (Å²) in [6, 6.07) is 6.21. The SMILES string of the molecule is NC(=O)CC1CCCN(C(=O)NC(c2ccc(F)cc2)C2CCC2)C1. The Morgan fingerprint density at radius 3 is 2.52 bits per heavy atom. The number of hydrogen-bond acceptors (Lipinski definition) is 2. The van der Waals surface area contributed by atoms with E-state index in [9.17, 15) is 14.0 Å². The molecule has 0 bridgehead atoms. The molecular formula is C19H26FN3O2. The molecule has 1 aromatic carbocycles. The molecule has 3 amide bonds. The zero-order chi connectivity index (χ0) is 17.8. The molecule has 1 aromatic rings. The highest BCUT2D eigenvalue weighted by Crippen LogP contribution is 2.38. The van der Waals surface area contributed by atoms with E-state index in [4.69, 9.17) is 5.73 Å². The monoisotopic (exact) mass is 347 g/mol. The molecular weight excluding hydrogens is 321 g/mol. The van der Waals surface area contributed by atoms with Crippen molar-refractivity contribution in [2.45, 2.75) is 44.6 Å². The van der Waals surface area contributed by atoms with Crippen molar-refractivity contribution in [3.63, 3.8) is 0 Å². The predicted molar refractivity (Wildman–Crippen MR) is 93.1 cm³/mol. The Morgan fingerprint density at radius 1 is 1.20 bits per heavy atom. The summed E-state index contributed by atoms with van der Waals surface area (Å²) in [5.74, 6) is -0.0377. The van der Waals surface area contributed by atoms with Crippen LogP contribution in [0.2, 0.25) is 0 Å². The molecule has 1 heterocycles. The number of nitrogens with two attached hydrogens (primary N) is 1. The first kappa shape index (κ1) is 17.7. The number of carbonyl (C=O) groups excluding carboxylic acids is 2. The minimum Gasteiger partial charge on any atom is -0.370 e. The number of hydrogen-bond donors (Lipinski definition) is 2. The third-order valence-electron chi connectivity index (χ3n) is 5.43. The first-order chi connectivity index (χ1) is 12.0. The number of benzene rings is 1. The summed E-state index contributed by atoms with van der Waals surface area (Å²) in [6.45, 7) is 1.26. The molecule has 0 aromatic heterocycles. The molecule has 2 fully saturated rings. The van der Waals surface area contributed by atoms with Gasteiger partial charge in [-0.2, -0.15) is 0 Å². The van der Waals surface area contributed by atoms with E-state index in [2.05, 4.69) is 5.32 Å². The van der Waals surface area contributed by atoms with Crippen molar-refractivity contribution >= 4 is 11.9 Å². The van der Waals surface area contributed by atoms with Crippen molar-refractivity contribution in [2.75, 3.05) is 13.1 Å². The van der Waals surface area contributed by atoms with Gasteiger partial charge in [0.25, 0.3) is 0 Å². The lowest BCUT2D eigenvalue weighted by molar-refractivity contribution is -0.119. The number of piperidine rings is 1. The Balaban J connectivity index is 1.65. The van der Waals surface area contributed by atoms with Gasteiger partial charge in [-0.05, 0) is 55.2 Å². The number of nitrogens with one attached hydrogen (secondary N) is 1. The number of primary amides is 1. The molecule has 1 aliphatic heterocycles. The van der Waals surface area contributed by atoms with Crippen LogP contribution in [-0.4, -0.2) is 29.9 Å². The molecule has 25 heavy (non-hydrogen) atoms. The van der Waals surface area contributed by atoms with Gasteiger partial charge in [-0.3, -0.25) is 4.79 Å². The van der Waals surface area contributed by atoms with E-state index < -0.39 is 0 Å². The van der Waals surface area contributed by atoms with Crippen LogP contribution in [0.4, 0.5) is 9.18 Å². The molecule has 1 saturated carbocycles. The highest BCUT2D eigenvalue weighted by Gasteiger charge is 2.32. The van der Waals surface area contributed by atoms with Gasteiger partial charge in [0.05, 0.1) is 6.04 Å². The smallest absolute Gasteiger partial charge is 0.317 e. The molecule has 3 N–H and O–H groups in total. The van der Waals surface area contributed by atoms with Gasteiger partial charge in [0, 0.05) is 19.5 Å². The average Bonchev–Trinajstić information content (AvgIpc) is 2.53. The zero-order valence-electron chi connectivity index (χ0n) is 14.4. The lowest BCUT2D eigenvalue weighted by atomic mass is 9.77. The summed E-state index contributed by atoms with van der Waals surface area (Å²) in [7, 11) is 0. The van der Waals surface area contributed by atoms with Crippen LogP contribution in [0.5, 0.6) is 0 Å². The molecule has 2 aliphatic rings. The Kier molecular flexibility index (Phi) is 5.56. The maximum absolute atomic E-state index is 13.2. The van der Waals surface area contributed by atoms with E-state index in [1.165, 1.54) is 18.6 Å². The van der Waals surface area contributed by atoms with E-state index >= 15 is 0 Å². The van der Waals surface area contributed by atoms with E-state index in [0.29, 0.717) is 25.4 Å². The van der Waals surface area contributed by atoms with Crippen LogP contribution in [0.1, 0.15) is 50.1 Å². The van der Waals surface area contributed by atoms with Gasteiger partial charge in [-0.25, -0.2) is 9.18 Å². The van der Waals surface area contributed by atoms with Crippen LogP contribution in [-0.2, 0) is 4.79 Å². The molecule has 2 atom stereocenters. The molecule has 6 heteroatoms. The maximum atomic E-state index is 13.2. The molecule has 1 saturated heterocycles. The quantitative estimate of drug-likeness (QED) is 0.859. The van der Waals surface area contributed by atoms with E-state index in [1.54, 1.807) is 17.0 Å². The molecule has 5 nitrogen and oxygen atoms in total. The summed E-state index contributed by atoms with van der Waals surface area (Å²) < 4.78 is 13.2. The van der Waals surface area contributed by atoms with Crippen LogP contribution >= 0.6 is 0 Å². The maximum Gasteiger partial charge on any atom is 0.317 e. The van der Waals surface area contributed by atoms with Gasteiger partial charge in [-0.1, -0.05) is 18.6 Å². The number of halogens is 1. The number of nitrogens with zero attached hydrogens (tertiary/aromatic N) is 1. The first-order valence-electron chi connectivity index (χ1n) is 9.12. The van der Waals surface area contributed by atoms with Crippen molar-refractivity contribution in [3.8, 4) is 0 Å². The van der Waals surface area contributed by atoms with E-state index in [0.717, 1.165) is 31.2 Å². The third-order valence-corrected chi connectivity index (χ3v) is 5.43. The zero-order valence-corrected chi connectivity index (χ0v) is 14.4. The van der Waals surface area contributed by atoms with E-state index in [-0.39, 0.29) is 29.7 Å². The number of amides is 3. The summed E-state index contributed by atoms with van der Waals surface area (Å²) in [5.41, 5.74) is 6.24. The second-order valence-electron chi connectivity index (χ2n) is 7.29. The van der Waals surface area contributed by atoms with Crippen molar-refractivity contribution in [1.82, 2.24) is 10.2 Å². The average molecular weight is 347 g/mol. The standard InChI is InChI=1S/C19H26FN3O2/c20-16-8-6-15(7-9-16)18(14-4-1-5-14)22-19(25)23-10-2-3-13(12-23)11-17(21)24/h6-9,13-14,18H,1-5,10-12H2,(H2,21,24)(H,22,25). The summed E-state index contributed by atoms with van der Waals surface area (Å²) in [6.07, 6.45) is 5.46. The molecule has 1 aliphatic carbocycles. The lowest BCUT2D eigenvalue weighted by Crippen LogP contribution is -2.48. The molecule has 0 spiro atoms. The minimum atomic E-state index is -0.314. The van der Waals surface area contributed by atoms with Gasteiger partial charge in [-0.15, -0.1) is 0 Å². The Hall–Kier alpha value is -2.11. The van der Waals surface area contributed by atoms with Crippen LogP contribution in [0.3, 0.4) is 0 Å². The molecule has 3 rings (SSSR count). The number of likely N-dealkylation sites (tertiary alicyclic amines) is 1. The Labute approximate surface area is 147 Å². The fourth-order valence-electron chi connectivity index (χ4n) is 3.84. The second-order valence-corrected chi connectivity index (χ2v) is 7.29. The van der Waals surface area contributed by atoms with Crippen LogP contribution < -0.4 is 11.1 Å². The fourth-order valence-corrected chi connectivity index (χ4v) is 3.84. The van der Waals surface area contributed by atoms with Crippen molar-refractivity contribution in [1.29, 1.82) is 0 Å². The van der Waals surface area contributed by atoms with Crippen LogP contribution in [0.25, 0.3) is 0 Å². The van der Waals surface area contributed by atoms with Gasteiger partial charge in [0.1, 0.15) is 5.82 Å². The molecule has 136 valence electrons. The lowest BCUT2D eigenvalue weighted by Gasteiger charge is -2.38. The number of urea groups is 1. The Bertz CT molecular complexity index is 616. The van der Waals surface area contributed by atoms with Gasteiger partial charge in [0.15, 0.2) is 0 Å². The molecule has 0 radical (unpaired) electrons. The summed E-state index contributed by atoms with van der Waals surface area (Å²) in [5, 5.41) is 3.15. The fraction of sp³-hybridized carbons (Fsp3) is 0.579. The summed E-state index contributed by atoms with van der Waals surface area (Å²) in [4.78, 5) is 25.7. The first-order valence-corrected chi connectivity index (χ1v) is 9.12. The van der Waals surface area contributed by atoms with Crippen molar-refractivity contribution in [3.05, 3.63) is 35.6 Å². The third kappa shape index (κ3) is 4.50. The highest BCUT2D eigenvalue weighted by atomic mass is 19.1. The van der Waals surface area contributed by atoms with Crippen LogP contribution in [0, 0.1) is 17.7 Å². The minimum absolute atomic E-state index is 0.0848. The van der Waals surface area contributed by atoms with Crippen molar-refractivity contribution < 1.29 is 14.0 Å². The van der Waals surface area contributed by atoms with Gasteiger partial charge < -0.3 is 16.0 Å². The van der Waals surface area contributed by atoms with Gasteiger partial charge >= 0.3 is 6.03 Å². The van der Waals surface area contributed by atoms with Crippen molar-refractivity contribution in [2.24, 2.45) is 17.6 Å². The van der Waals surface area contributed by atoms with Gasteiger partial charge in [0.2, 0.25) is 5.91 Å². The van der Waals surface area contributed by atoms with E-state index in [1.807, 2.05) is 0 Å². The van der Waals surface area contributed by atoms with Crippen LogP contribution in [0.15, 0.2) is 24.3 Å². The molecule has 2 unspecified atom stereocenters. The topological polar surface area (TPSA) is 75.4 Å². The Morgan fingerprint density at radius 2 is 1.92 bits per heavy atom. The normalized spacial score (nSPS) is 22.1. The predicted octanol–water partition coefficient (Wildman–Crippen LogP) is 2.96. The second kappa shape index (κ2) is 7.85. The number of carbonyl (C=O) groups is 2. The largest absolute Gasteiger partial charge is 0.370 e.